The van der Waals surface area contributed by atoms with Crippen molar-refractivity contribution in [2.45, 2.75) is 32.7 Å². The molecule has 1 aromatic carbocycles. The molecule has 0 spiro atoms. The second-order valence-corrected chi connectivity index (χ2v) is 5.08. The number of ether oxygens (including phenoxy) is 2. The van der Waals surface area contributed by atoms with Gasteiger partial charge in [0.1, 0.15) is 0 Å². The van der Waals surface area contributed by atoms with Crippen LogP contribution in [0.15, 0.2) is 18.2 Å². The van der Waals surface area contributed by atoms with Crippen LogP contribution in [0.4, 0.5) is 0 Å². The summed E-state index contributed by atoms with van der Waals surface area (Å²) in [6.07, 6.45) is 0.928. The van der Waals surface area contributed by atoms with Crippen molar-refractivity contribution >= 4 is 0 Å². The highest BCUT2D eigenvalue weighted by Crippen LogP contribution is 2.30. The largest absolute Gasteiger partial charge is 0.493 e. The number of benzene rings is 1. The maximum atomic E-state index is 5.40. The third-order valence-electron chi connectivity index (χ3n) is 2.53. The van der Waals surface area contributed by atoms with Crippen LogP contribution in [-0.4, -0.2) is 26.3 Å². The van der Waals surface area contributed by atoms with Gasteiger partial charge in [0.15, 0.2) is 11.5 Å². The van der Waals surface area contributed by atoms with Crippen LogP contribution in [0, 0.1) is 0 Å². The molecular weight excluding hydrogens is 214 g/mol. The van der Waals surface area contributed by atoms with Crippen LogP contribution in [0.3, 0.4) is 0 Å². The minimum Gasteiger partial charge on any atom is -0.493 e. The van der Waals surface area contributed by atoms with Gasteiger partial charge in [-0.15, -0.1) is 0 Å². The van der Waals surface area contributed by atoms with Crippen molar-refractivity contribution in [1.82, 2.24) is 5.32 Å². The van der Waals surface area contributed by atoms with E-state index in [-0.39, 0.29) is 5.54 Å². The summed E-state index contributed by atoms with van der Waals surface area (Å²) in [5, 5.41) is 3.46. The molecule has 0 atom stereocenters. The Hall–Kier alpha value is -1.22. The molecule has 1 rings (SSSR count). The normalized spacial score (nSPS) is 11.4. The van der Waals surface area contributed by atoms with Crippen LogP contribution in [0.2, 0.25) is 0 Å². The van der Waals surface area contributed by atoms with Crippen molar-refractivity contribution in [3.63, 3.8) is 0 Å². The summed E-state index contributed by atoms with van der Waals surface area (Å²) in [4.78, 5) is 0. The summed E-state index contributed by atoms with van der Waals surface area (Å²) >= 11 is 0. The van der Waals surface area contributed by atoms with Gasteiger partial charge >= 0.3 is 0 Å². The minimum atomic E-state index is 0.145. The third-order valence-corrected chi connectivity index (χ3v) is 2.53. The molecule has 0 fully saturated rings. The Morgan fingerprint density at radius 2 is 1.82 bits per heavy atom. The standard InChI is InChI=1S/C14H23NO2/c1-14(2,3)15-10-9-11-7-6-8-12(16-4)13(11)17-5/h6-8,15H,9-10H2,1-5H3. The van der Waals surface area contributed by atoms with Gasteiger partial charge in [-0.05, 0) is 45.4 Å². The molecule has 3 nitrogen and oxygen atoms in total. The highest BCUT2D eigenvalue weighted by Gasteiger charge is 2.11. The number of nitrogens with one attached hydrogen (secondary N) is 1. The molecule has 0 saturated carbocycles. The second kappa shape index (κ2) is 5.92. The maximum Gasteiger partial charge on any atom is 0.163 e. The van der Waals surface area contributed by atoms with Gasteiger partial charge in [-0.3, -0.25) is 0 Å². The van der Waals surface area contributed by atoms with Crippen LogP contribution < -0.4 is 14.8 Å². The molecule has 0 aliphatic carbocycles. The van der Waals surface area contributed by atoms with Gasteiger partial charge < -0.3 is 14.8 Å². The van der Waals surface area contributed by atoms with Crippen LogP contribution >= 0.6 is 0 Å². The molecule has 0 saturated heterocycles. The Labute approximate surface area is 104 Å². The Kier molecular flexibility index (Phi) is 4.82. The average molecular weight is 237 g/mol. The first-order valence-corrected chi connectivity index (χ1v) is 5.93. The first-order valence-electron chi connectivity index (χ1n) is 5.93. The molecule has 0 amide bonds. The van der Waals surface area contributed by atoms with E-state index in [1.165, 1.54) is 5.56 Å². The van der Waals surface area contributed by atoms with Crippen LogP contribution in [0.5, 0.6) is 11.5 Å². The SMILES string of the molecule is COc1cccc(CCNC(C)(C)C)c1OC. The van der Waals surface area contributed by atoms with Crippen LogP contribution in [0.25, 0.3) is 0 Å². The molecule has 1 N–H and O–H groups in total. The van der Waals surface area contributed by atoms with E-state index < -0.39 is 0 Å². The zero-order valence-corrected chi connectivity index (χ0v) is 11.5. The second-order valence-electron chi connectivity index (χ2n) is 5.08. The average Bonchev–Trinajstić information content (AvgIpc) is 2.27. The van der Waals surface area contributed by atoms with E-state index in [1.807, 2.05) is 12.1 Å². The van der Waals surface area contributed by atoms with Crippen molar-refractivity contribution in [1.29, 1.82) is 0 Å². The molecule has 17 heavy (non-hydrogen) atoms. The predicted octanol–water partition coefficient (Wildman–Crippen LogP) is 2.63. The number of methoxy groups -OCH3 is 2. The van der Waals surface area contributed by atoms with Crippen molar-refractivity contribution < 1.29 is 9.47 Å². The Morgan fingerprint density at radius 1 is 1.12 bits per heavy atom. The maximum absolute atomic E-state index is 5.40. The number of para-hydroxylation sites is 1. The van der Waals surface area contributed by atoms with Crippen molar-refractivity contribution in [2.24, 2.45) is 0 Å². The lowest BCUT2D eigenvalue weighted by molar-refractivity contribution is 0.350. The highest BCUT2D eigenvalue weighted by atomic mass is 16.5. The fourth-order valence-electron chi connectivity index (χ4n) is 1.72. The molecule has 3 heteroatoms. The molecule has 0 radical (unpaired) electrons. The van der Waals surface area contributed by atoms with E-state index in [0.29, 0.717) is 0 Å². The van der Waals surface area contributed by atoms with E-state index in [9.17, 15) is 0 Å². The lowest BCUT2D eigenvalue weighted by Crippen LogP contribution is -2.37. The highest BCUT2D eigenvalue weighted by molar-refractivity contribution is 5.46. The smallest absolute Gasteiger partial charge is 0.163 e. The fourth-order valence-corrected chi connectivity index (χ4v) is 1.72. The molecule has 1 aromatic rings. The molecule has 0 aromatic heterocycles. The van der Waals surface area contributed by atoms with Gasteiger partial charge in [-0.1, -0.05) is 12.1 Å². The molecule has 0 heterocycles. The van der Waals surface area contributed by atoms with Crippen molar-refractivity contribution in [2.75, 3.05) is 20.8 Å². The molecule has 96 valence electrons. The molecule has 0 aliphatic heterocycles. The number of hydrogen-bond acceptors (Lipinski definition) is 3. The van der Waals surface area contributed by atoms with Crippen molar-refractivity contribution in [3.05, 3.63) is 23.8 Å². The number of rotatable bonds is 5. The lowest BCUT2D eigenvalue weighted by Gasteiger charge is -2.21. The van der Waals surface area contributed by atoms with Gasteiger partial charge in [-0.2, -0.15) is 0 Å². The van der Waals surface area contributed by atoms with E-state index in [1.54, 1.807) is 14.2 Å². The van der Waals surface area contributed by atoms with Gasteiger partial charge in [0.05, 0.1) is 14.2 Å². The summed E-state index contributed by atoms with van der Waals surface area (Å²) < 4.78 is 10.7. The topological polar surface area (TPSA) is 30.5 Å². The monoisotopic (exact) mass is 237 g/mol. The summed E-state index contributed by atoms with van der Waals surface area (Å²) in [5.74, 6) is 1.63. The zero-order valence-electron chi connectivity index (χ0n) is 11.5. The van der Waals surface area contributed by atoms with Gasteiger partial charge in [0.25, 0.3) is 0 Å². The van der Waals surface area contributed by atoms with Crippen LogP contribution in [0.1, 0.15) is 26.3 Å². The van der Waals surface area contributed by atoms with Crippen LogP contribution in [-0.2, 0) is 6.42 Å². The summed E-state index contributed by atoms with van der Waals surface area (Å²) in [6, 6.07) is 5.99. The lowest BCUT2D eigenvalue weighted by atomic mass is 10.1. The zero-order chi connectivity index (χ0) is 12.9. The first kappa shape index (κ1) is 13.8. The third kappa shape index (κ3) is 4.27. The van der Waals surface area contributed by atoms with E-state index in [2.05, 4.69) is 32.2 Å². The minimum absolute atomic E-state index is 0.145. The summed E-state index contributed by atoms with van der Waals surface area (Å²) in [5.41, 5.74) is 1.31. The van der Waals surface area contributed by atoms with Gasteiger partial charge in [0.2, 0.25) is 0 Å². The van der Waals surface area contributed by atoms with E-state index in [4.69, 9.17) is 9.47 Å². The predicted molar refractivity (Wildman–Crippen MR) is 71.0 cm³/mol. The quantitative estimate of drug-likeness (QED) is 0.854. The van der Waals surface area contributed by atoms with E-state index >= 15 is 0 Å². The van der Waals surface area contributed by atoms with Gasteiger partial charge in [-0.25, -0.2) is 0 Å². The molecule has 0 unspecified atom stereocenters. The Balaban J connectivity index is 2.70. The summed E-state index contributed by atoms with van der Waals surface area (Å²) in [6.45, 7) is 7.41. The Morgan fingerprint density at radius 3 is 2.35 bits per heavy atom. The van der Waals surface area contributed by atoms with Gasteiger partial charge in [0, 0.05) is 5.54 Å². The first-order chi connectivity index (χ1) is 7.98. The Bertz CT molecular complexity index is 356. The molecule has 0 bridgehead atoms. The van der Waals surface area contributed by atoms with Crippen molar-refractivity contribution in [3.8, 4) is 11.5 Å². The number of hydrogen-bond donors (Lipinski definition) is 1. The molecule has 0 aliphatic rings. The van der Waals surface area contributed by atoms with E-state index in [0.717, 1.165) is 24.5 Å². The summed E-state index contributed by atoms with van der Waals surface area (Å²) in [7, 11) is 3.34. The molecular formula is C14H23NO2. The fraction of sp³-hybridized carbons (Fsp3) is 0.571.